The average Bonchev–Trinajstić information content (AvgIpc) is 2.68. The highest BCUT2D eigenvalue weighted by Crippen LogP contribution is 2.55. The molecule has 0 saturated heterocycles. The first-order valence-corrected chi connectivity index (χ1v) is 6.46. The number of rotatable bonds is 0. The van der Waals surface area contributed by atoms with E-state index in [1.54, 1.807) is 5.57 Å². The third-order valence-corrected chi connectivity index (χ3v) is 5.14. The summed E-state index contributed by atoms with van der Waals surface area (Å²) in [5.74, 6) is 2.08. The Kier molecular flexibility index (Phi) is 2.04. The van der Waals surface area contributed by atoms with Crippen LogP contribution in [0.1, 0.15) is 46.0 Å². The maximum absolute atomic E-state index is 10.1. The highest BCUT2D eigenvalue weighted by molar-refractivity contribution is 5.21. The number of hydrogen-bond acceptors (Lipinski definition) is 1. The predicted octanol–water partition coefficient (Wildman–Crippen LogP) is 3.14. The van der Waals surface area contributed by atoms with Gasteiger partial charge >= 0.3 is 0 Å². The number of allylic oxidation sites excluding steroid dienone is 1. The van der Waals surface area contributed by atoms with Gasteiger partial charge in [0.15, 0.2) is 0 Å². The van der Waals surface area contributed by atoms with Crippen LogP contribution >= 0.6 is 0 Å². The van der Waals surface area contributed by atoms with Crippen molar-refractivity contribution in [3.05, 3.63) is 11.6 Å². The van der Waals surface area contributed by atoms with Crippen LogP contribution < -0.4 is 0 Å². The summed E-state index contributed by atoms with van der Waals surface area (Å²) in [6.07, 6.45) is 8.82. The summed E-state index contributed by atoms with van der Waals surface area (Å²) in [6.45, 7) is 4.68. The van der Waals surface area contributed by atoms with Crippen LogP contribution in [0.15, 0.2) is 11.6 Å². The van der Waals surface area contributed by atoms with E-state index < -0.39 is 0 Å². The quantitative estimate of drug-likeness (QED) is 0.604. The van der Waals surface area contributed by atoms with Crippen molar-refractivity contribution in [2.75, 3.05) is 0 Å². The minimum Gasteiger partial charge on any atom is -0.392 e. The first-order valence-electron chi connectivity index (χ1n) is 6.46. The molecule has 0 heterocycles. The van der Waals surface area contributed by atoms with Gasteiger partial charge in [0.1, 0.15) is 0 Å². The fourth-order valence-corrected chi connectivity index (χ4v) is 4.30. The summed E-state index contributed by atoms with van der Waals surface area (Å²) in [6, 6.07) is 0. The van der Waals surface area contributed by atoms with Gasteiger partial charge in [-0.3, -0.25) is 0 Å². The Morgan fingerprint density at radius 3 is 3.00 bits per heavy atom. The fraction of sp³-hybridized carbons (Fsp3) is 0.857. The number of aliphatic hydroxyl groups excluding tert-OH is 1. The molecule has 15 heavy (non-hydrogen) atoms. The summed E-state index contributed by atoms with van der Waals surface area (Å²) < 4.78 is 0. The Morgan fingerprint density at radius 2 is 2.20 bits per heavy atom. The Hall–Kier alpha value is -0.300. The van der Waals surface area contributed by atoms with Crippen molar-refractivity contribution in [2.24, 2.45) is 23.2 Å². The Labute approximate surface area is 92.6 Å². The van der Waals surface area contributed by atoms with Gasteiger partial charge in [-0.25, -0.2) is 0 Å². The topological polar surface area (TPSA) is 20.2 Å². The van der Waals surface area contributed by atoms with Crippen LogP contribution in [0.4, 0.5) is 0 Å². The maximum atomic E-state index is 10.1. The maximum Gasteiger partial charge on any atom is 0.0610 e. The van der Waals surface area contributed by atoms with Crippen LogP contribution in [0.3, 0.4) is 0 Å². The largest absolute Gasteiger partial charge is 0.392 e. The van der Waals surface area contributed by atoms with E-state index in [0.29, 0.717) is 11.3 Å². The van der Waals surface area contributed by atoms with Crippen molar-refractivity contribution < 1.29 is 5.11 Å². The van der Waals surface area contributed by atoms with E-state index in [9.17, 15) is 5.11 Å². The van der Waals surface area contributed by atoms with Crippen LogP contribution in [0.25, 0.3) is 0 Å². The molecule has 84 valence electrons. The van der Waals surface area contributed by atoms with Gasteiger partial charge in [0, 0.05) is 5.92 Å². The van der Waals surface area contributed by atoms with Crippen molar-refractivity contribution in [2.45, 2.75) is 52.1 Å². The second-order valence-corrected chi connectivity index (χ2v) is 6.51. The minimum absolute atomic E-state index is 0.0703. The summed E-state index contributed by atoms with van der Waals surface area (Å²) in [5, 5.41) is 10.1. The van der Waals surface area contributed by atoms with Crippen molar-refractivity contribution in [1.29, 1.82) is 0 Å². The van der Waals surface area contributed by atoms with Crippen LogP contribution in [0, 0.1) is 23.2 Å². The first-order chi connectivity index (χ1) is 7.08. The molecule has 1 heteroatoms. The normalized spacial score (nSPS) is 47.3. The van der Waals surface area contributed by atoms with E-state index in [1.807, 2.05) is 0 Å². The molecule has 0 bridgehead atoms. The van der Waals surface area contributed by atoms with Crippen LogP contribution in [0.2, 0.25) is 0 Å². The van der Waals surface area contributed by atoms with Crippen molar-refractivity contribution in [1.82, 2.24) is 0 Å². The fourth-order valence-electron chi connectivity index (χ4n) is 4.30. The zero-order chi connectivity index (χ0) is 10.6. The van der Waals surface area contributed by atoms with Crippen LogP contribution in [-0.2, 0) is 0 Å². The van der Waals surface area contributed by atoms with E-state index in [1.165, 1.54) is 25.7 Å². The van der Waals surface area contributed by atoms with E-state index in [4.69, 9.17) is 0 Å². The molecule has 0 aromatic carbocycles. The first kappa shape index (κ1) is 9.89. The third kappa shape index (κ3) is 1.39. The summed E-state index contributed by atoms with van der Waals surface area (Å²) in [7, 11) is 0. The van der Waals surface area contributed by atoms with Crippen molar-refractivity contribution in [3.8, 4) is 0 Å². The minimum atomic E-state index is -0.0703. The highest BCUT2D eigenvalue weighted by Gasteiger charge is 2.49. The zero-order valence-corrected chi connectivity index (χ0v) is 9.87. The standard InChI is InChI=1S/C14H22O/c1-14(2)8-13(15)11-6-9-4-3-5-10(9)7-12(11)14/h6,10-13,15H,3-5,7-8H2,1-2H3/t10-,11-,12-,13+/m0/s1. The molecule has 0 amide bonds. The SMILES string of the molecule is CC1(C)C[C@@H](O)[C@H]2C=C3CCC[C@H]3C[C@@H]21. The molecule has 3 aliphatic carbocycles. The van der Waals surface area contributed by atoms with Gasteiger partial charge < -0.3 is 5.11 Å². The number of aliphatic hydroxyl groups is 1. The summed E-state index contributed by atoms with van der Waals surface area (Å²) >= 11 is 0. The highest BCUT2D eigenvalue weighted by atomic mass is 16.3. The van der Waals surface area contributed by atoms with E-state index >= 15 is 0 Å². The molecule has 2 fully saturated rings. The summed E-state index contributed by atoms with van der Waals surface area (Å²) in [4.78, 5) is 0. The van der Waals surface area contributed by atoms with E-state index in [0.717, 1.165) is 18.3 Å². The van der Waals surface area contributed by atoms with Crippen LogP contribution in [-0.4, -0.2) is 11.2 Å². The zero-order valence-electron chi connectivity index (χ0n) is 9.87. The Bertz CT molecular complexity index is 302. The lowest BCUT2D eigenvalue weighted by atomic mass is 9.69. The molecule has 0 unspecified atom stereocenters. The van der Waals surface area contributed by atoms with Gasteiger partial charge in [-0.05, 0) is 49.4 Å². The van der Waals surface area contributed by atoms with Gasteiger partial charge in [-0.15, -0.1) is 0 Å². The molecule has 1 N–H and O–H groups in total. The smallest absolute Gasteiger partial charge is 0.0610 e. The predicted molar refractivity (Wildman–Crippen MR) is 61.4 cm³/mol. The molecule has 0 aromatic rings. The molecule has 0 aliphatic heterocycles. The molecule has 0 aromatic heterocycles. The number of hydrogen-bond donors (Lipinski definition) is 1. The van der Waals surface area contributed by atoms with Gasteiger partial charge in [0.2, 0.25) is 0 Å². The van der Waals surface area contributed by atoms with Gasteiger partial charge in [-0.1, -0.05) is 25.5 Å². The molecule has 0 radical (unpaired) electrons. The monoisotopic (exact) mass is 206 g/mol. The molecular formula is C14H22O. The molecule has 4 atom stereocenters. The second kappa shape index (κ2) is 3.10. The van der Waals surface area contributed by atoms with E-state index in [2.05, 4.69) is 19.9 Å². The molecule has 3 aliphatic rings. The molecule has 3 rings (SSSR count). The lowest BCUT2D eigenvalue weighted by molar-refractivity contribution is 0.133. The molecule has 1 nitrogen and oxygen atoms in total. The molecular weight excluding hydrogens is 184 g/mol. The summed E-state index contributed by atoms with van der Waals surface area (Å²) in [5.41, 5.74) is 2.03. The lowest BCUT2D eigenvalue weighted by Crippen LogP contribution is -2.28. The Morgan fingerprint density at radius 1 is 1.40 bits per heavy atom. The van der Waals surface area contributed by atoms with E-state index in [-0.39, 0.29) is 6.10 Å². The number of fused-ring (bicyclic) bond motifs is 2. The van der Waals surface area contributed by atoms with Crippen LogP contribution in [0.5, 0.6) is 0 Å². The van der Waals surface area contributed by atoms with Crippen molar-refractivity contribution in [3.63, 3.8) is 0 Å². The van der Waals surface area contributed by atoms with Gasteiger partial charge in [-0.2, -0.15) is 0 Å². The lowest BCUT2D eigenvalue weighted by Gasteiger charge is -2.35. The average molecular weight is 206 g/mol. The second-order valence-electron chi connectivity index (χ2n) is 6.51. The molecule has 2 saturated carbocycles. The van der Waals surface area contributed by atoms with Crippen molar-refractivity contribution >= 4 is 0 Å². The van der Waals surface area contributed by atoms with Gasteiger partial charge in [0.25, 0.3) is 0 Å². The Balaban J connectivity index is 1.94. The third-order valence-electron chi connectivity index (χ3n) is 5.14. The van der Waals surface area contributed by atoms with Gasteiger partial charge in [0.05, 0.1) is 6.10 Å². The molecule has 0 spiro atoms.